The van der Waals surface area contributed by atoms with Crippen molar-refractivity contribution in [2.24, 2.45) is 11.7 Å². The van der Waals surface area contributed by atoms with Crippen molar-refractivity contribution < 1.29 is 22.7 Å². The number of amides is 1. The first-order chi connectivity index (χ1) is 18.3. The summed E-state index contributed by atoms with van der Waals surface area (Å²) in [4.78, 5) is 35.7. The molecule has 2 aliphatic rings. The highest BCUT2D eigenvalue weighted by Gasteiger charge is 2.30. The molecule has 0 radical (unpaired) electrons. The average Bonchev–Trinajstić information content (AvgIpc) is 3.76. The predicted octanol–water partition coefficient (Wildman–Crippen LogP) is 2.58. The Kier molecular flexibility index (Phi) is 9.29. The van der Waals surface area contributed by atoms with E-state index in [9.17, 15) is 18.0 Å². The van der Waals surface area contributed by atoms with Gasteiger partial charge in [0.25, 0.3) is 5.91 Å². The zero-order valence-corrected chi connectivity index (χ0v) is 22.5. The van der Waals surface area contributed by atoms with Gasteiger partial charge in [0.2, 0.25) is 10.0 Å². The minimum atomic E-state index is -3.98. The Labute approximate surface area is 223 Å². The summed E-state index contributed by atoms with van der Waals surface area (Å²) < 4.78 is 32.2. The molecule has 1 aromatic heterocycles. The molecule has 11 nitrogen and oxygen atoms in total. The second-order valence-corrected chi connectivity index (χ2v) is 11.5. The monoisotopic (exact) mass is 544 g/mol. The molecule has 0 atom stereocenters. The molecule has 1 heterocycles. The van der Waals surface area contributed by atoms with Gasteiger partial charge < -0.3 is 20.7 Å². The molecule has 1 aromatic carbocycles. The number of carbonyl (C=O) groups excluding carboxylic acids is 2. The molecule has 1 amide bonds. The van der Waals surface area contributed by atoms with Crippen LogP contribution < -0.4 is 20.7 Å². The summed E-state index contributed by atoms with van der Waals surface area (Å²) in [6, 6.07) is 6.34. The number of benzene rings is 1. The van der Waals surface area contributed by atoms with Crippen LogP contribution >= 0.6 is 0 Å². The van der Waals surface area contributed by atoms with Crippen LogP contribution in [0.4, 0.5) is 11.5 Å². The Balaban J connectivity index is 1.48. The minimum Gasteiger partial charge on any atom is -0.465 e. The largest absolute Gasteiger partial charge is 0.465 e. The van der Waals surface area contributed by atoms with Crippen LogP contribution in [0, 0.1) is 5.92 Å². The molecule has 0 saturated heterocycles. The van der Waals surface area contributed by atoms with Crippen molar-refractivity contribution in [2.45, 2.75) is 69.4 Å². The Bertz CT molecular complexity index is 1240. The third kappa shape index (κ3) is 7.27. The van der Waals surface area contributed by atoms with Crippen molar-refractivity contribution in [1.82, 2.24) is 14.7 Å². The normalized spacial score (nSPS) is 16.2. The lowest BCUT2D eigenvalue weighted by Crippen LogP contribution is -2.39. The van der Waals surface area contributed by atoms with Gasteiger partial charge in [-0.05, 0) is 62.3 Å². The SMILES string of the molecule is CCOC(=O)CNS(=O)(=O)c1ccc(NC(=O)c2cc(N(CC3CC3)C3CCCCC3)ncn2)c(CN)c1. The smallest absolute Gasteiger partial charge is 0.321 e. The van der Waals surface area contributed by atoms with Crippen LogP contribution in [0.3, 0.4) is 0 Å². The Morgan fingerprint density at radius 1 is 1.11 bits per heavy atom. The number of nitrogens with two attached hydrogens (primary N) is 1. The van der Waals surface area contributed by atoms with E-state index in [0.717, 1.165) is 25.2 Å². The molecule has 2 saturated carbocycles. The van der Waals surface area contributed by atoms with Crippen molar-refractivity contribution in [3.63, 3.8) is 0 Å². The zero-order valence-electron chi connectivity index (χ0n) is 21.7. The molecule has 2 aliphatic carbocycles. The third-order valence-corrected chi connectivity index (χ3v) is 8.31. The molecule has 4 N–H and O–H groups in total. The summed E-state index contributed by atoms with van der Waals surface area (Å²) in [5.41, 5.74) is 6.89. The lowest BCUT2D eigenvalue weighted by atomic mass is 9.94. The van der Waals surface area contributed by atoms with Crippen LogP contribution in [0.25, 0.3) is 0 Å². The number of nitrogens with zero attached hydrogens (tertiary/aromatic N) is 3. The van der Waals surface area contributed by atoms with E-state index in [1.54, 1.807) is 13.0 Å². The molecule has 12 heteroatoms. The number of ether oxygens (including phenoxy) is 1. The molecule has 2 aromatic rings. The highest BCUT2D eigenvalue weighted by Crippen LogP contribution is 2.34. The van der Waals surface area contributed by atoms with Gasteiger partial charge in [0.15, 0.2) is 0 Å². The van der Waals surface area contributed by atoms with Crippen molar-refractivity contribution in [3.8, 4) is 0 Å². The van der Waals surface area contributed by atoms with Gasteiger partial charge in [0.05, 0.1) is 11.5 Å². The minimum absolute atomic E-state index is 0.0112. The van der Waals surface area contributed by atoms with Gasteiger partial charge in [-0.25, -0.2) is 18.4 Å². The standard InChI is InChI=1S/C26H36N6O5S/c1-2-37-25(33)15-30-38(35,36)21-10-11-22(19(12-21)14-27)31-26(34)23-13-24(29-17-28-23)32(16-18-8-9-18)20-6-4-3-5-7-20/h10-13,17-18,20,30H,2-9,14-16,27H2,1H3,(H,31,34). The van der Waals surface area contributed by atoms with Crippen LogP contribution in [0.5, 0.6) is 0 Å². The number of carbonyl (C=O) groups is 2. The summed E-state index contributed by atoms with van der Waals surface area (Å²) in [6.45, 7) is 2.24. The first kappa shape index (κ1) is 27.9. The molecular formula is C26H36N6O5S. The number of esters is 1. The average molecular weight is 545 g/mol. The van der Waals surface area contributed by atoms with Crippen molar-refractivity contribution in [2.75, 3.05) is 29.9 Å². The second-order valence-electron chi connectivity index (χ2n) is 9.76. The summed E-state index contributed by atoms with van der Waals surface area (Å²) >= 11 is 0. The van der Waals surface area contributed by atoms with Crippen LogP contribution in [0.15, 0.2) is 35.5 Å². The fraction of sp³-hybridized carbons (Fsp3) is 0.538. The molecule has 4 rings (SSSR count). The number of aromatic nitrogens is 2. The first-order valence-corrected chi connectivity index (χ1v) is 14.7. The van der Waals surface area contributed by atoms with Gasteiger partial charge in [-0.15, -0.1) is 0 Å². The Morgan fingerprint density at radius 3 is 2.55 bits per heavy atom. The molecule has 0 unspecified atom stereocenters. The third-order valence-electron chi connectivity index (χ3n) is 6.91. The quantitative estimate of drug-likeness (QED) is 0.342. The molecule has 0 spiro atoms. The maximum atomic E-state index is 13.1. The zero-order chi connectivity index (χ0) is 27.1. The highest BCUT2D eigenvalue weighted by atomic mass is 32.2. The van der Waals surface area contributed by atoms with Crippen molar-refractivity contribution in [1.29, 1.82) is 0 Å². The number of rotatable bonds is 12. The van der Waals surface area contributed by atoms with Crippen LogP contribution in [0.2, 0.25) is 0 Å². The molecule has 0 bridgehead atoms. The second kappa shape index (κ2) is 12.6. The fourth-order valence-electron chi connectivity index (χ4n) is 4.69. The van der Waals surface area contributed by atoms with E-state index in [0.29, 0.717) is 23.2 Å². The molecule has 38 heavy (non-hydrogen) atoms. The number of sulfonamides is 1. The highest BCUT2D eigenvalue weighted by molar-refractivity contribution is 7.89. The predicted molar refractivity (Wildman–Crippen MR) is 143 cm³/mol. The lowest BCUT2D eigenvalue weighted by molar-refractivity contribution is -0.141. The van der Waals surface area contributed by atoms with E-state index in [4.69, 9.17) is 10.5 Å². The van der Waals surface area contributed by atoms with Crippen LogP contribution in [-0.4, -0.2) is 56.0 Å². The topological polar surface area (TPSA) is 157 Å². The number of hydrogen-bond acceptors (Lipinski definition) is 9. The summed E-state index contributed by atoms with van der Waals surface area (Å²) in [6.07, 6.45) is 9.80. The Hall–Kier alpha value is -3.09. The van der Waals surface area contributed by atoms with E-state index in [2.05, 4.69) is 24.9 Å². The number of anilines is 2. The van der Waals surface area contributed by atoms with Crippen LogP contribution in [-0.2, 0) is 26.1 Å². The molecular weight excluding hydrogens is 508 g/mol. The van der Waals surface area contributed by atoms with E-state index in [1.165, 1.54) is 56.6 Å². The summed E-state index contributed by atoms with van der Waals surface area (Å²) in [5.74, 6) is 0.326. The maximum Gasteiger partial charge on any atom is 0.321 e. The van der Waals surface area contributed by atoms with Gasteiger partial charge in [-0.1, -0.05) is 19.3 Å². The molecule has 0 aliphatic heterocycles. The van der Waals surface area contributed by atoms with E-state index in [-0.39, 0.29) is 23.7 Å². The van der Waals surface area contributed by atoms with E-state index >= 15 is 0 Å². The fourth-order valence-corrected chi connectivity index (χ4v) is 5.71. The van der Waals surface area contributed by atoms with Crippen LogP contribution in [0.1, 0.15) is 67.9 Å². The van der Waals surface area contributed by atoms with Gasteiger partial charge in [0.1, 0.15) is 24.4 Å². The van der Waals surface area contributed by atoms with Gasteiger partial charge in [0, 0.05) is 30.9 Å². The van der Waals surface area contributed by atoms with Crippen molar-refractivity contribution in [3.05, 3.63) is 41.9 Å². The maximum absolute atomic E-state index is 13.1. The number of hydrogen-bond donors (Lipinski definition) is 3. The first-order valence-electron chi connectivity index (χ1n) is 13.2. The molecule has 2 fully saturated rings. The molecule has 206 valence electrons. The number of nitrogens with one attached hydrogen (secondary N) is 2. The Morgan fingerprint density at radius 2 is 1.87 bits per heavy atom. The van der Waals surface area contributed by atoms with E-state index in [1.807, 2.05) is 0 Å². The van der Waals surface area contributed by atoms with Gasteiger partial charge in [-0.3, -0.25) is 9.59 Å². The van der Waals surface area contributed by atoms with Gasteiger partial charge in [-0.2, -0.15) is 4.72 Å². The van der Waals surface area contributed by atoms with E-state index < -0.39 is 28.4 Å². The lowest BCUT2D eigenvalue weighted by Gasteiger charge is -2.35. The van der Waals surface area contributed by atoms with Crippen molar-refractivity contribution >= 4 is 33.4 Å². The van der Waals surface area contributed by atoms with Gasteiger partial charge >= 0.3 is 5.97 Å². The summed E-state index contributed by atoms with van der Waals surface area (Å²) in [5, 5.41) is 2.81. The summed E-state index contributed by atoms with van der Waals surface area (Å²) in [7, 11) is -3.98.